The number of hydrogen-bond acceptors (Lipinski definition) is 10. The largest absolute Gasteiger partial charge is 0.497 e. The van der Waals surface area contributed by atoms with E-state index < -0.39 is 35.3 Å². The second-order valence-corrected chi connectivity index (χ2v) is 11.1. The molecule has 0 aromatic heterocycles. The van der Waals surface area contributed by atoms with Crippen LogP contribution in [0.25, 0.3) is 0 Å². The number of carbonyl (C=O) groups is 2. The van der Waals surface area contributed by atoms with Gasteiger partial charge in [0.05, 0.1) is 25.7 Å². The first-order valence-corrected chi connectivity index (χ1v) is 13.3. The third kappa shape index (κ3) is 4.23. The molecule has 0 amide bonds. The van der Waals surface area contributed by atoms with E-state index in [2.05, 4.69) is 9.64 Å². The van der Waals surface area contributed by atoms with Crippen LogP contribution in [0.4, 0.5) is 0 Å². The van der Waals surface area contributed by atoms with E-state index in [1.165, 1.54) is 7.11 Å². The fourth-order valence-electron chi connectivity index (χ4n) is 6.48. The fraction of sp³-hybridized carbons (Fsp3) is 0.643. The highest BCUT2D eigenvalue weighted by atomic mass is 16.7. The maximum absolute atomic E-state index is 13.7. The summed E-state index contributed by atoms with van der Waals surface area (Å²) in [5.41, 5.74) is -0.890. The topological polar surface area (TPSA) is 124 Å². The zero-order chi connectivity index (χ0) is 27.2. The zero-order valence-electron chi connectivity index (χ0n) is 22.4. The molecule has 5 atom stereocenters. The highest BCUT2D eigenvalue weighted by Crippen LogP contribution is 2.55. The Morgan fingerprint density at radius 3 is 2.63 bits per heavy atom. The predicted molar refractivity (Wildman–Crippen MR) is 135 cm³/mol. The Hall–Kier alpha value is -2.82. The molecule has 0 radical (unpaired) electrons. The third-order valence-electron chi connectivity index (χ3n) is 8.53. The van der Waals surface area contributed by atoms with Gasteiger partial charge in [0.15, 0.2) is 29.3 Å². The van der Waals surface area contributed by atoms with Crippen LogP contribution in [0.2, 0.25) is 0 Å². The third-order valence-corrected chi connectivity index (χ3v) is 8.53. The second kappa shape index (κ2) is 10.1. The molecule has 5 rings (SSSR count). The summed E-state index contributed by atoms with van der Waals surface area (Å²) in [5.74, 6) is -0.634. The normalized spacial score (nSPS) is 27.9. The van der Waals surface area contributed by atoms with E-state index in [0.29, 0.717) is 23.7 Å². The molecule has 1 spiro atoms. The van der Waals surface area contributed by atoms with Crippen molar-refractivity contribution < 1.29 is 43.5 Å². The minimum absolute atomic E-state index is 0.105. The van der Waals surface area contributed by atoms with Gasteiger partial charge in [-0.25, -0.2) is 9.59 Å². The lowest BCUT2D eigenvalue weighted by Gasteiger charge is -2.40. The van der Waals surface area contributed by atoms with Crippen molar-refractivity contribution in [3.63, 3.8) is 0 Å². The van der Waals surface area contributed by atoms with Crippen molar-refractivity contribution in [2.45, 2.75) is 75.2 Å². The van der Waals surface area contributed by atoms with Gasteiger partial charge >= 0.3 is 11.9 Å². The highest BCUT2D eigenvalue weighted by Gasteiger charge is 2.59. The molecule has 38 heavy (non-hydrogen) atoms. The van der Waals surface area contributed by atoms with Gasteiger partial charge in [0.1, 0.15) is 5.76 Å². The number of nitrogens with zero attached hydrogens (tertiary/aromatic N) is 1. The lowest BCUT2D eigenvalue weighted by molar-refractivity contribution is -0.195. The van der Waals surface area contributed by atoms with E-state index in [1.807, 2.05) is 32.1 Å². The standard InChI is InChI=1S/C28H37NO9/c1-16(2)6-9-28(33,24(30)25(31)35-4)26(32)38-23-21(34-3)14-27-8-5-10-29(27)11-7-17-12-19-20(37-15-36-19)13-18(17)22(23)27/h12-14,16,22-24,30,33H,5-11,15H2,1-4H3. The number of rotatable bonds is 8. The molecule has 0 bridgehead atoms. The van der Waals surface area contributed by atoms with Crippen molar-refractivity contribution >= 4 is 11.9 Å². The molecule has 3 aliphatic heterocycles. The van der Waals surface area contributed by atoms with Crippen LogP contribution in [0, 0.1) is 5.92 Å². The lowest BCUT2D eigenvalue weighted by Crippen LogP contribution is -2.56. The summed E-state index contributed by atoms with van der Waals surface area (Å²) in [7, 11) is 2.62. The minimum Gasteiger partial charge on any atom is -0.497 e. The summed E-state index contributed by atoms with van der Waals surface area (Å²) in [4.78, 5) is 28.4. The monoisotopic (exact) mass is 531 g/mol. The predicted octanol–water partition coefficient (Wildman–Crippen LogP) is 2.05. The van der Waals surface area contributed by atoms with Crippen molar-refractivity contribution in [3.8, 4) is 11.5 Å². The number of fused-ring (bicyclic) bond motifs is 3. The zero-order valence-corrected chi connectivity index (χ0v) is 22.4. The molecule has 1 aromatic carbocycles. The van der Waals surface area contributed by atoms with Crippen molar-refractivity contribution in [1.82, 2.24) is 4.90 Å². The quantitative estimate of drug-likeness (QED) is 0.482. The molecule has 10 nitrogen and oxygen atoms in total. The summed E-state index contributed by atoms with van der Waals surface area (Å²) < 4.78 is 27.8. The van der Waals surface area contributed by atoms with Crippen molar-refractivity contribution in [2.24, 2.45) is 5.92 Å². The van der Waals surface area contributed by atoms with E-state index in [9.17, 15) is 19.8 Å². The molecule has 0 saturated carbocycles. The van der Waals surface area contributed by atoms with E-state index in [4.69, 9.17) is 18.9 Å². The molecular formula is C28H37NO9. The van der Waals surface area contributed by atoms with E-state index in [1.54, 1.807) is 0 Å². The summed E-state index contributed by atoms with van der Waals surface area (Å²) in [6.45, 7) is 5.70. The molecule has 1 aliphatic carbocycles. The maximum atomic E-state index is 13.7. The highest BCUT2D eigenvalue weighted by molar-refractivity contribution is 5.89. The Morgan fingerprint density at radius 1 is 1.21 bits per heavy atom. The number of aliphatic hydroxyl groups excluding tert-OH is 1. The van der Waals surface area contributed by atoms with Crippen LogP contribution in [0.1, 0.15) is 56.6 Å². The number of hydrogen-bond donors (Lipinski definition) is 2. The summed E-state index contributed by atoms with van der Waals surface area (Å²) in [6, 6.07) is 3.96. The van der Waals surface area contributed by atoms with Crippen molar-refractivity contribution in [1.29, 1.82) is 0 Å². The summed E-state index contributed by atoms with van der Waals surface area (Å²) >= 11 is 0. The van der Waals surface area contributed by atoms with Gasteiger partial charge in [-0.15, -0.1) is 0 Å². The molecule has 5 unspecified atom stereocenters. The van der Waals surface area contributed by atoms with Crippen LogP contribution < -0.4 is 9.47 Å². The molecule has 10 heteroatoms. The van der Waals surface area contributed by atoms with Gasteiger partial charge in [0.2, 0.25) is 6.79 Å². The first-order valence-electron chi connectivity index (χ1n) is 13.3. The average Bonchev–Trinajstić information content (AvgIpc) is 3.59. The van der Waals surface area contributed by atoms with Gasteiger partial charge in [0, 0.05) is 6.54 Å². The number of carbonyl (C=O) groups excluding carboxylic acids is 2. The van der Waals surface area contributed by atoms with Crippen molar-refractivity contribution in [3.05, 3.63) is 35.1 Å². The van der Waals surface area contributed by atoms with Crippen LogP contribution in [0.5, 0.6) is 11.5 Å². The molecule has 1 aromatic rings. The van der Waals surface area contributed by atoms with E-state index in [-0.39, 0.29) is 25.0 Å². The number of ether oxygens (including phenoxy) is 5. The van der Waals surface area contributed by atoms with Crippen LogP contribution in [0.3, 0.4) is 0 Å². The molecule has 208 valence electrons. The van der Waals surface area contributed by atoms with Crippen molar-refractivity contribution in [2.75, 3.05) is 34.1 Å². The van der Waals surface area contributed by atoms with Gasteiger partial charge in [-0.2, -0.15) is 0 Å². The summed E-state index contributed by atoms with van der Waals surface area (Å²) in [6.07, 6.45) is 1.88. The van der Waals surface area contributed by atoms with E-state index in [0.717, 1.165) is 50.6 Å². The first kappa shape index (κ1) is 26.8. The number of aliphatic hydroxyl groups is 2. The first-order chi connectivity index (χ1) is 18.1. The van der Waals surface area contributed by atoms with Gasteiger partial charge < -0.3 is 33.9 Å². The minimum atomic E-state index is -2.48. The Bertz CT molecular complexity index is 1130. The molecule has 2 N–H and O–H groups in total. The van der Waals surface area contributed by atoms with E-state index >= 15 is 0 Å². The van der Waals surface area contributed by atoms with Crippen LogP contribution in [-0.2, 0) is 30.2 Å². The summed E-state index contributed by atoms with van der Waals surface area (Å²) in [5, 5.41) is 22.1. The van der Waals surface area contributed by atoms with Gasteiger partial charge in [-0.05, 0) is 73.9 Å². The number of methoxy groups -OCH3 is 2. The van der Waals surface area contributed by atoms with Crippen LogP contribution in [-0.4, -0.2) is 84.5 Å². The fourth-order valence-corrected chi connectivity index (χ4v) is 6.48. The Morgan fingerprint density at radius 2 is 1.95 bits per heavy atom. The van der Waals surface area contributed by atoms with Crippen LogP contribution >= 0.6 is 0 Å². The maximum Gasteiger partial charge on any atom is 0.342 e. The molecular weight excluding hydrogens is 494 g/mol. The smallest absolute Gasteiger partial charge is 0.342 e. The number of benzene rings is 1. The Kier molecular flexibility index (Phi) is 7.08. The Balaban J connectivity index is 1.56. The van der Waals surface area contributed by atoms with Gasteiger partial charge in [-0.1, -0.05) is 13.8 Å². The Labute approximate surface area is 222 Å². The molecule has 4 aliphatic rings. The van der Waals surface area contributed by atoms with Crippen LogP contribution in [0.15, 0.2) is 24.0 Å². The average molecular weight is 532 g/mol. The second-order valence-electron chi connectivity index (χ2n) is 11.1. The molecule has 1 fully saturated rings. The number of esters is 2. The lowest BCUT2D eigenvalue weighted by atomic mass is 9.77. The van der Waals surface area contributed by atoms with Gasteiger partial charge in [0.25, 0.3) is 0 Å². The van der Waals surface area contributed by atoms with Gasteiger partial charge in [-0.3, -0.25) is 4.90 Å². The SMILES string of the molecule is COC(=O)C(O)C(O)(CCC(C)C)C(=O)OC1C(OC)=CC23CCCN2CCc2cc4c(cc2C13)OCO4. The molecule has 1 saturated heterocycles. The molecule has 3 heterocycles.